The van der Waals surface area contributed by atoms with E-state index in [4.69, 9.17) is 11.6 Å². The highest BCUT2D eigenvalue weighted by molar-refractivity contribution is 8.03. The molecule has 0 spiro atoms. The molecule has 0 unspecified atom stereocenters. The van der Waals surface area contributed by atoms with E-state index in [9.17, 15) is 4.79 Å². The monoisotopic (exact) mass is 427 g/mol. The van der Waals surface area contributed by atoms with Gasteiger partial charge in [0.25, 0.3) is 5.91 Å². The van der Waals surface area contributed by atoms with Crippen molar-refractivity contribution >= 4 is 51.8 Å². The topological polar surface area (TPSA) is 45.2 Å². The number of thiazole rings is 1. The molecule has 4 rings (SSSR count). The minimum Gasteiger partial charge on any atom is -0.357 e. The van der Waals surface area contributed by atoms with Crippen molar-refractivity contribution in [2.75, 3.05) is 17.6 Å². The number of hydrogen-bond acceptors (Lipinski definition) is 5. The first-order valence-electron chi connectivity index (χ1n) is 8.84. The maximum Gasteiger partial charge on any atom is 0.258 e. The zero-order valence-corrected chi connectivity index (χ0v) is 17.4. The van der Waals surface area contributed by atoms with Crippen molar-refractivity contribution in [2.45, 2.75) is 6.54 Å². The van der Waals surface area contributed by atoms with Crippen LogP contribution in [-0.4, -0.2) is 28.1 Å². The molecule has 1 aromatic heterocycles. The minimum atomic E-state index is -0.00873. The molecule has 7 heteroatoms. The summed E-state index contributed by atoms with van der Waals surface area (Å²) in [6.45, 7) is 1.43. The lowest BCUT2D eigenvalue weighted by Crippen LogP contribution is -2.26. The number of amides is 1. The van der Waals surface area contributed by atoms with Gasteiger partial charge in [-0.2, -0.15) is 0 Å². The molecule has 0 bridgehead atoms. The van der Waals surface area contributed by atoms with Crippen LogP contribution < -0.4 is 5.32 Å². The summed E-state index contributed by atoms with van der Waals surface area (Å²) in [4.78, 5) is 19.3. The standard InChI is InChI=1S/C21H18ClN3OS2/c22-17-8-6-16(7-9-17)20(26)25-10-11-27-19(25)12-18-14-28-21(24-18)23-13-15-4-2-1-3-5-15/h1-9,12,14H,10-11,13H2,(H,23,24)/b19-12+. The summed E-state index contributed by atoms with van der Waals surface area (Å²) in [6.07, 6.45) is 1.98. The number of hydrogen-bond donors (Lipinski definition) is 1. The van der Waals surface area contributed by atoms with Crippen LogP contribution in [0.1, 0.15) is 21.6 Å². The van der Waals surface area contributed by atoms with Crippen LogP contribution in [0.25, 0.3) is 6.08 Å². The highest BCUT2D eigenvalue weighted by Crippen LogP contribution is 2.32. The third-order valence-electron chi connectivity index (χ3n) is 4.25. The van der Waals surface area contributed by atoms with Gasteiger partial charge in [0.15, 0.2) is 5.13 Å². The highest BCUT2D eigenvalue weighted by Gasteiger charge is 2.25. The van der Waals surface area contributed by atoms with Crippen molar-refractivity contribution in [3.05, 3.63) is 86.8 Å². The first kappa shape index (κ1) is 19.1. The quantitative estimate of drug-likeness (QED) is 0.576. The molecule has 4 nitrogen and oxygen atoms in total. The van der Waals surface area contributed by atoms with Gasteiger partial charge in [0, 0.05) is 34.8 Å². The van der Waals surface area contributed by atoms with Gasteiger partial charge in [0.2, 0.25) is 0 Å². The molecule has 0 aliphatic carbocycles. The Morgan fingerprint density at radius 2 is 1.96 bits per heavy atom. The lowest BCUT2D eigenvalue weighted by Gasteiger charge is -2.16. The van der Waals surface area contributed by atoms with Gasteiger partial charge in [-0.1, -0.05) is 41.9 Å². The van der Waals surface area contributed by atoms with Gasteiger partial charge >= 0.3 is 0 Å². The number of aromatic nitrogens is 1. The molecule has 2 aromatic carbocycles. The Labute approximate surface area is 177 Å². The van der Waals surface area contributed by atoms with E-state index in [1.54, 1.807) is 47.4 Å². The number of anilines is 1. The van der Waals surface area contributed by atoms with Crippen molar-refractivity contribution in [2.24, 2.45) is 0 Å². The number of rotatable bonds is 5. The molecule has 3 aromatic rings. The summed E-state index contributed by atoms with van der Waals surface area (Å²) in [5, 5.41) is 7.78. The molecule has 1 saturated heterocycles. The minimum absolute atomic E-state index is 0.00873. The molecule has 1 aliphatic rings. The smallest absolute Gasteiger partial charge is 0.258 e. The van der Waals surface area contributed by atoms with Crippen molar-refractivity contribution in [1.82, 2.24) is 9.88 Å². The normalized spacial score (nSPS) is 15.2. The molecule has 0 radical (unpaired) electrons. The average Bonchev–Trinajstić information content (AvgIpc) is 3.37. The zero-order chi connectivity index (χ0) is 19.3. The molecule has 1 aliphatic heterocycles. The lowest BCUT2D eigenvalue weighted by atomic mass is 10.2. The van der Waals surface area contributed by atoms with Crippen LogP contribution in [-0.2, 0) is 6.54 Å². The Balaban J connectivity index is 1.45. The molecule has 2 heterocycles. The van der Waals surface area contributed by atoms with Gasteiger partial charge in [-0.15, -0.1) is 23.1 Å². The summed E-state index contributed by atoms with van der Waals surface area (Å²) in [7, 11) is 0. The van der Waals surface area contributed by atoms with Gasteiger partial charge in [0.1, 0.15) is 0 Å². The van der Waals surface area contributed by atoms with Crippen LogP contribution in [0.3, 0.4) is 0 Å². The maximum atomic E-state index is 12.8. The Morgan fingerprint density at radius 3 is 2.75 bits per heavy atom. The Morgan fingerprint density at radius 1 is 1.18 bits per heavy atom. The van der Waals surface area contributed by atoms with Gasteiger partial charge in [0.05, 0.1) is 10.7 Å². The van der Waals surface area contributed by atoms with Crippen LogP contribution in [0.5, 0.6) is 0 Å². The molecule has 1 amide bonds. The Hall–Kier alpha value is -2.28. The number of nitrogens with one attached hydrogen (secondary N) is 1. The predicted molar refractivity (Wildman–Crippen MR) is 119 cm³/mol. The first-order chi connectivity index (χ1) is 13.7. The first-order valence-corrected chi connectivity index (χ1v) is 11.1. The highest BCUT2D eigenvalue weighted by atomic mass is 35.5. The maximum absolute atomic E-state index is 12.8. The second-order valence-electron chi connectivity index (χ2n) is 6.21. The number of carbonyl (C=O) groups excluding carboxylic acids is 1. The average molecular weight is 428 g/mol. The fraction of sp³-hybridized carbons (Fsp3) is 0.143. The lowest BCUT2D eigenvalue weighted by molar-refractivity contribution is 0.0831. The van der Waals surface area contributed by atoms with Gasteiger partial charge in [-0.25, -0.2) is 4.98 Å². The molecular formula is C21H18ClN3OS2. The zero-order valence-electron chi connectivity index (χ0n) is 15.0. The van der Waals surface area contributed by atoms with E-state index in [1.807, 2.05) is 34.6 Å². The third-order valence-corrected chi connectivity index (χ3v) is 6.34. The van der Waals surface area contributed by atoms with E-state index in [2.05, 4.69) is 22.4 Å². The molecule has 0 atom stereocenters. The molecule has 1 fully saturated rings. The molecular weight excluding hydrogens is 410 g/mol. The summed E-state index contributed by atoms with van der Waals surface area (Å²) >= 11 is 9.17. The van der Waals surface area contributed by atoms with Crippen LogP contribution in [0.15, 0.2) is 65.0 Å². The SMILES string of the molecule is O=C(c1ccc(Cl)cc1)N1CCS/C1=C/c1csc(NCc2ccccc2)n1. The van der Waals surface area contributed by atoms with Gasteiger partial charge < -0.3 is 10.2 Å². The third kappa shape index (κ3) is 4.58. The Kier molecular flexibility index (Phi) is 6.00. The second kappa shape index (κ2) is 8.82. The summed E-state index contributed by atoms with van der Waals surface area (Å²) in [6, 6.07) is 17.2. The van der Waals surface area contributed by atoms with Crippen molar-refractivity contribution in [3.63, 3.8) is 0 Å². The predicted octanol–water partition coefficient (Wildman–Crippen LogP) is 5.60. The Bertz CT molecular complexity index is 986. The largest absolute Gasteiger partial charge is 0.357 e. The van der Waals surface area contributed by atoms with Gasteiger partial charge in [-0.05, 0) is 35.9 Å². The fourth-order valence-electron chi connectivity index (χ4n) is 2.83. The van der Waals surface area contributed by atoms with Crippen molar-refractivity contribution in [1.29, 1.82) is 0 Å². The van der Waals surface area contributed by atoms with E-state index in [1.165, 1.54) is 5.56 Å². The van der Waals surface area contributed by atoms with E-state index in [0.717, 1.165) is 28.2 Å². The van der Waals surface area contributed by atoms with E-state index in [-0.39, 0.29) is 5.91 Å². The summed E-state index contributed by atoms with van der Waals surface area (Å²) < 4.78 is 0. The van der Waals surface area contributed by atoms with Crippen LogP contribution >= 0.6 is 34.7 Å². The van der Waals surface area contributed by atoms with Crippen molar-refractivity contribution in [3.8, 4) is 0 Å². The molecule has 0 saturated carbocycles. The molecule has 28 heavy (non-hydrogen) atoms. The summed E-state index contributed by atoms with van der Waals surface area (Å²) in [5.74, 6) is 0.875. The van der Waals surface area contributed by atoms with E-state index < -0.39 is 0 Å². The van der Waals surface area contributed by atoms with Crippen LogP contribution in [0.4, 0.5) is 5.13 Å². The number of carbonyl (C=O) groups is 1. The molecule has 1 N–H and O–H groups in total. The second-order valence-corrected chi connectivity index (χ2v) is 8.62. The fourth-order valence-corrected chi connectivity index (χ4v) is 4.64. The van der Waals surface area contributed by atoms with Crippen LogP contribution in [0.2, 0.25) is 5.02 Å². The van der Waals surface area contributed by atoms with Crippen molar-refractivity contribution < 1.29 is 4.79 Å². The van der Waals surface area contributed by atoms with Crippen LogP contribution in [0, 0.1) is 0 Å². The molecule has 142 valence electrons. The van der Waals surface area contributed by atoms with E-state index in [0.29, 0.717) is 17.1 Å². The summed E-state index contributed by atoms with van der Waals surface area (Å²) in [5.41, 5.74) is 2.71. The van der Waals surface area contributed by atoms with E-state index >= 15 is 0 Å². The number of thioether (sulfide) groups is 1. The number of nitrogens with zero attached hydrogens (tertiary/aromatic N) is 2. The number of halogens is 1. The number of benzene rings is 2. The van der Waals surface area contributed by atoms with Gasteiger partial charge in [-0.3, -0.25) is 4.79 Å².